The van der Waals surface area contributed by atoms with Gasteiger partial charge in [0.05, 0.1) is 22.6 Å². The number of imidazole rings is 1. The second kappa shape index (κ2) is 15.9. The highest BCUT2D eigenvalue weighted by atomic mass is 19.3. The van der Waals surface area contributed by atoms with Crippen molar-refractivity contribution in [1.29, 1.82) is 0 Å². The van der Waals surface area contributed by atoms with E-state index in [4.69, 9.17) is 14.5 Å². The Morgan fingerprint density at radius 1 is 1.16 bits per heavy atom. The second-order valence-electron chi connectivity index (χ2n) is 11.0. The fourth-order valence-electron chi connectivity index (χ4n) is 4.53. The van der Waals surface area contributed by atoms with Gasteiger partial charge in [0.2, 0.25) is 0 Å². The molecule has 0 saturated heterocycles. The third kappa shape index (κ3) is 8.59. The molecule has 44 heavy (non-hydrogen) atoms. The molecule has 3 aromatic rings. The summed E-state index contributed by atoms with van der Waals surface area (Å²) >= 11 is 0. The van der Waals surface area contributed by atoms with Crippen molar-refractivity contribution in [3.8, 4) is 23.3 Å². The van der Waals surface area contributed by atoms with Crippen LogP contribution in [0.3, 0.4) is 0 Å². The van der Waals surface area contributed by atoms with Gasteiger partial charge in [0.25, 0.3) is 5.91 Å². The predicted octanol–water partition coefficient (Wildman–Crippen LogP) is 7.99. The normalized spacial score (nSPS) is 13.7. The molecule has 10 heteroatoms. The summed E-state index contributed by atoms with van der Waals surface area (Å²) in [6.45, 7) is 14.9. The van der Waals surface area contributed by atoms with E-state index in [1.165, 1.54) is 23.5 Å². The Bertz CT molecular complexity index is 1500. The number of rotatable bonds is 5. The van der Waals surface area contributed by atoms with Crippen LogP contribution >= 0.6 is 0 Å². The minimum absolute atomic E-state index is 0.108. The van der Waals surface area contributed by atoms with Crippen molar-refractivity contribution >= 4 is 23.0 Å². The maximum absolute atomic E-state index is 13.4. The number of amides is 2. The molecule has 238 valence electrons. The number of para-hydroxylation sites is 1. The van der Waals surface area contributed by atoms with E-state index in [2.05, 4.69) is 38.8 Å². The number of benzene rings is 2. The van der Waals surface area contributed by atoms with E-state index in [0.29, 0.717) is 41.8 Å². The standard InChI is InChI=1S/C29H32F2N4O4.C3H8.C2H4/c1-7-21-25-32-20-15-14-18(11-8-9-16-33(5)28(37)39-29(2,3)4)17-22(20)35(25)24-19(26(36)34(21)6)12-10-13-23(24)38-27(30)31;1-3-2;1-2/h10,12-15,17,21,27H,7,9,16H2,1-6H3;3H2,1-2H3;1-2H2. The number of alkyl halides is 2. The molecule has 8 nitrogen and oxygen atoms in total. The molecule has 2 amide bonds. The summed E-state index contributed by atoms with van der Waals surface area (Å²) < 4.78 is 38.7. The van der Waals surface area contributed by atoms with E-state index in [-0.39, 0.29) is 28.9 Å². The van der Waals surface area contributed by atoms with Crippen molar-refractivity contribution in [2.45, 2.75) is 79.1 Å². The molecular weight excluding hydrogens is 566 g/mol. The Balaban J connectivity index is 0.00000127. The molecule has 0 bridgehead atoms. The fourth-order valence-corrected chi connectivity index (χ4v) is 4.53. The van der Waals surface area contributed by atoms with E-state index in [0.717, 1.165) is 0 Å². The van der Waals surface area contributed by atoms with Crippen LogP contribution in [0, 0.1) is 11.8 Å². The van der Waals surface area contributed by atoms with Crippen LogP contribution in [0.4, 0.5) is 13.6 Å². The van der Waals surface area contributed by atoms with Gasteiger partial charge in [-0.1, -0.05) is 45.1 Å². The third-order valence-corrected chi connectivity index (χ3v) is 6.33. The molecule has 2 aromatic carbocycles. The van der Waals surface area contributed by atoms with Crippen LogP contribution in [0.15, 0.2) is 49.6 Å². The molecule has 2 heterocycles. The largest absolute Gasteiger partial charge is 0.444 e. The fraction of sp³-hybridized carbons (Fsp3) is 0.441. The molecule has 0 aliphatic carbocycles. The quantitative estimate of drug-likeness (QED) is 0.216. The first-order chi connectivity index (χ1) is 20.8. The molecule has 0 fully saturated rings. The van der Waals surface area contributed by atoms with Crippen LogP contribution in [0.25, 0.3) is 16.7 Å². The van der Waals surface area contributed by atoms with Gasteiger partial charge in [-0.3, -0.25) is 9.36 Å². The molecule has 1 unspecified atom stereocenters. The van der Waals surface area contributed by atoms with Crippen molar-refractivity contribution in [1.82, 2.24) is 19.4 Å². The highest BCUT2D eigenvalue weighted by molar-refractivity contribution is 6.00. The molecule has 1 aromatic heterocycles. The van der Waals surface area contributed by atoms with Crippen molar-refractivity contribution < 1.29 is 27.8 Å². The van der Waals surface area contributed by atoms with Crippen LogP contribution in [0.2, 0.25) is 0 Å². The summed E-state index contributed by atoms with van der Waals surface area (Å²) in [7, 11) is 3.34. The summed E-state index contributed by atoms with van der Waals surface area (Å²) in [5, 5.41) is 0. The van der Waals surface area contributed by atoms with E-state index >= 15 is 0 Å². The number of carbonyl (C=O) groups excluding carboxylic acids is 2. The van der Waals surface area contributed by atoms with Crippen LogP contribution in [-0.4, -0.2) is 64.2 Å². The lowest BCUT2D eigenvalue weighted by Crippen LogP contribution is -2.34. The van der Waals surface area contributed by atoms with Gasteiger partial charge in [0, 0.05) is 32.6 Å². The van der Waals surface area contributed by atoms with Crippen LogP contribution in [-0.2, 0) is 4.74 Å². The highest BCUT2D eigenvalue weighted by Gasteiger charge is 2.35. The van der Waals surface area contributed by atoms with Crippen molar-refractivity contribution in [2.75, 3.05) is 20.6 Å². The van der Waals surface area contributed by atoms with E-state index in [1.807, 2.05) is 45.9 Å². The molecule has 0 spiro atoms. The maximum atomic E-state index is 13.4. The topological polar surface area (TPSA) is 76.9 Å². The van der Waals surface area contributed by atoms with Gasteiger partial charge < -0.3 is 19.3 Å². The molecule has 0 radical (unpaired) electrons. The van der Waals surface area contributed by atoms with Crippen LogP contribution < -0.4 is 4.74 Å². The number of halogens is 2. The number of ether oxygens (including phenoxy) is 2. The molecule has 1 aliphatic rings. The number of aromatic nitrogens is 2. The minimum atomic E-state index is -3.06. The zero-order valence-electron chi connectivity index (χ0n) is 27.0. The minimum Gasteiger partial charge on any atom is -0.444 e. The predicted molar refractivity (Wildman–Crippen MR) is 170 cm³/mol. The Morgan fingerprint density at radius 2 is 1.82 bits per heavy atom. The second-order valence-corrected chi connectivity index (χ2v) is 11.0. The van der Waals surface area contributed by atoms with Gasteiger partial charge >= 0.3 is 12.7 Å². The third-order valence-electron chi connectivity index (χ3n) is 6.33. The molecule has 0 N–H and O–H groups in total. The average Bonchev–Trinajstić information content (AvgIpc) is 3.29. The van der Waals surface area contributed by atoms with Gasteiger partial charge in [-0.2, -0.15) is 8.78 Å². The first-order valence-electron chi connectivity index (χ1n) is 14.6. The lowest BCUT2D eigenvalue weighted by Gasteiger charge is -2.24. The Hall–Kier alpha value is -4.39. The number of carbonyl (C=O) groups is 2. The first kappa shape index (κ1) is 35.8. The summed E-state index contributed by atoms with van der Waals surface area (Å²) in [6.07, 6.45) is 1.82. The first-order valence-corrected chi connectivity index (χ1v) is 14.6. The van der Waals surface area contributed by atoms with E-state index < -0.39 is 18.3 Å². The van der Waals surface area contributed by atoms with Gasteiger partial charge in [-0.25, -0.2) is 9.78 Å². The van der Waals surface area contributed by atoms with E-state index in [9.17, 15) is 18.4 Å². The van der Waals surface area contributed by atoms with Crippen molar-refractivity contribution in [3.05, 3.63) is 66.5 Å². The monoisotopic (exact) mass is 610 g/mol. The molecular formula is C34H44F2N4O4. The van der Waals surface area contributed by atoms with Gasteiger partial charge in [-0.15, -0.1) is 13.2 Å². The Labute approximate surface area is 259 Å². The molecule has 1 atom stereocenters. The van der Waals surface area contributed by atoms with Crippen molar-refractivity contribution in [3.63, 3.8) is 0 Å². The number of fused-ring (bicyclic) bond motifs is 5. The summed E-state index contributed by atoms with van der Waals surface area (Å²) in [5.74, 6) is 6.32. The maximum Gasteiger partial charge on any atom is 0.410 e. The van der Waals surface area contributed by atoms with E-state index in [1.54, 1.807) is 29.6 Å². The Kier molecular flexibility index (Phi) is 12.9. The zero-order valence-corrected chi connectivity index (χ0v) is 27.0. The molecule has 1 aliphatic heterocycles. The zero-order chi connectivity index (χ0) is 33.2. The summed E-state index contributed by atoms with van der Waals surface area (Å²) in [4.78, 5) is 33.4. The van der Waals surface area contributed by atoms with Crippen LogP contribution in [0.1, 0.15) is 88.6 Å². The summed E-state index contributed by atoms with van der Waals surface area (Å²) in [6, 6.07) is 9.64. The van der Waals surface area contributed by atoms with Gasteiger partial charge in [-0.05, 0) is 57.5 Å². The molecule has 4 rings (SSSR count). The highest BCUT2D eigenvalue weighted by Crippen LogP contribution is 2.40. The lowest BCUT2D eigenvalue weighted by atomic mass is 10.1. The van der Waals surface area contributed by atoms with Crippen LogP contribution in [0.5, 0.6) is 5.75 Å². The molecule has 0 saturated carbocycles. The van der Waals surface area contributed by atoms with Gasteiger partial charge in [0.1, 0.15) is 17.1 Å². The number of hydrogen-bond donors (Lipinski definition) is 0. The SMILES string of the molecule is C=C.CCC.CCC1c2nc3ccc(C#CCCN(C)C(=O)OC(C)(C)C)cc3n2-c2c(OC(F)F)cccc2C(=O)N1C. The summed E-state index contributed by atoms with van der Waals surface area (Å²) in [5.41, 5.74) is 1.83. The lowest BCUT2D eigenvalue weighted by molar-refractivity contribution is -0.0498. The number of hydrogen-bond acceptors (Lipinski definition) is 5. The number of nitrogens with zero attached hydrogens (tertiary/aromatic N) is 4. The van der Waals surface area contributed by atoms with Crippen molar-refractivity contribution in [2.24, 2.45) is 0 Å². The van der Waals surface area contributed by atoms with Gasteiger partial charge in [0.15, 0.2) is 5.75 Å². The average molecular weight is 611 g/mol. The smallest absolute Gasteiger partial charge is 0.410 e. The Morgan fingerprint density at radius 3 is 2.41 bits per heavy atom.